The molecule has 0 spiro atoms. The Morgan fingerprint density at radius 2 is 1.82 bits per heavy atom. The second kappa shape index (κ2) is 8.29. The third kappa shape index (κ3) is 4.03. The van der Waals surface area contributed by atoms with Gasteiger partial charge in [-0.3, -0.25) is 4.90 Å². The normalized spacial score (nSPS) is 17.3. The van der Waals surface area contributed by atoms with Crippen molar-refractivity contribution >= 4 is 16.7 Å². The average Bonchev–Trinajstić information content (AvgIpc) is 3.24. The Labute approximate surface area is 166 Å². The fourth-order valence-corrected chi connectivity index (χ4v) is 3.87. The zero-order chi connectivity index (χ0) is 19.5. The van der Waals surface area contributed by atoms with Gasteiger partial charge in [-0.1, -0.05) is 26.0 Å². The van der Waals surface area contributed by atoms with Crippen molar-refractivity contribution in [3.05, 3.63) is 42.7 Å². The molecular formula is C22H29N5O. The molecular weight excluding hydrogens is 350 g/mol. The first-order valence-electron chi connectivity index (χ1n) is 10.1. The number of hydrogen-bond acceptors (Lipinski definition) is 6. The standard InChI is InChI=1S/C22H29N5O/c1-16(2)19(27-12-10-26(3)11-13-27)15-23-21-17-7-4-5-8-18(17)24-22(25-21)20-9-6-14-28-20/h4-9,14,16,19H,10-13,15H2,1-3H3,(H,23,24,25). The second-order valence-corrected chi connectivity index (χ2v) is 7.92. The Bertz CT molecular complexity index is 900. The lowest BCUT2D eigenvalue weighted by molar-refractivity contribution is 0.0944. The molecule has 148 valence electrons. The molecule has 28 heavy (non-hydrogen) atoms. The zero-order valence-corrected chi connectivity index (χ0v) is 16.9. The number of nitrogens with one attached hydrogen (secondary N) is 1. The number of rotatable bonds is 6. The molecule has 1 atom stereocenters. The van der Waals surface area contributed by atoms with E-state index in [-0.39, 0.29) is 0 Å². The van der Waals surface area contributed by atoms with Gasteiger partial charge in [0.05, 0.1) is 11.8 Å². The summed E-state index contributed by atoms with van der Waals surface area (Å²) < 4.78 is 5.53. The summed E-state index contributed by atoms with van der Waals surface area (Å²) >= 11 is 0. The fourth-order valence-electron chi connectivity index (χ4n) is 3.87. The molecule has 6 heteroatoms. The third-order valence-electron chi connectivity index (χ3n) is 5.60. The summed E-state index contributed by atoms with van der Waals surface area (Å²) in [5, 5.41) is 4.67. The van der Waals surface area contributed by atoms with E-state index in [1.54, 1.807) is 6.26 Å². The Balaban J connectivity index is 1.59. The maximum absolute atomic E-state index is 5.53. The van der Waals surface area contributed by atoms with E-state index in [4.69, 9.17) is 9.40 Å². The number of anilines is 1. The Kier molecular flexibility index (Phi) is 5.59. The number of likely N-dealkylation sites (N-methyl/N-ethyl adjacent to an activating group) is 1. The van der Waals surface area contributed by atoms with Crippen molar-refractivity contribution < 1.29 is 4.42 Å². The zero-order valence-electron chi connectivity index (χ0n) is 16.9. The Hall–Kier alpha value is -2.44. The van der Waals surface area contributed by atoms with E-state index in [0.29, 0.717) is 23.5 Å². The van der Waals surface area contributed by atoms with Crippen LogP contribution >= 0.6 is 0 Å². The monoisotopic (exact) mass is 379 g/mol. The molecule has 0 aliphatic carbocycles. The van der Waals surface area contributed by atoms with Crippen LogP contribution in [0.15, 0.2) is 47.1 Å². The quantitative estimate of drug-likeness (QED) is 0.707. The molecule has 1 unspecified atom stereocenters. The van der Waals surface area contributed by atoms with E-state index in [1.807, 2.05) is 30.3 Å². The summed E-state index contributed by atoms with van der Waals surface area (Å²) in [5.74, 6) is 2.74. The highest BCUT2D eigenvalue weighted by Gasteiger charge is 2.25. The van der Waals surface area contributed by atoms with Gasteiger partial charge in [0.15, 0.2) is 11.6 Å². The molecule has 1 N–H and O–H groups in total. The molecule has 1 aromatic carbocycles. The van der Waals surface area contributed by atoms with Gasteiger partial charge >= 0.3 is 0 Å². The summed E-state index contributed by atoms with van der Waals surface area (Å²) in [4.78, 5) is 14.5. The minimum Gasteiger partial charge on any atom is -0.461 e. The highest BCUT2D eigenvalue weighted by molar-refractivity contribution is 5.90. The lowest BCUT2D eigenvalue weighted by Crippen LogP contribution is -2.52. The van der Waals surface area contributed by atoms with Gasteiger partial charge in [-0.25, -0.2) is 9.97 Å². The molecule has 0 saturated carbocycles. The Morgan fingerprint density at radius 1 is 1.04 bits per heavy atom. The summed E-state index contributed by atoms with van der Waals surface area (Å²) in [6.45, 7) is 9.95. The van der Waals surface area contributed by atoms with E-state index in [1.165, 1.54) is 0 Å². The predicted molar refractivity (Wildman–Crippen MR) is 113 cm³/mol. The molecule has 0 bridgehead atoms. The highest BCUT2D eigenvalue weighted by Crippen LogP contribution is 2.25. The van der Waals surface area contributed by atoms with Gasteiger partial charge in [0.2, 0.25) is 0 Å². The van der Waals surface area contributed by atoms with Crippen LogP contribution in [0.1, 0.15) is 13.8 Å². The van der Waals surface area contributed by atoms with Gasteiger partial charge in [0.25, 0.3) is 0 Å². The molecule has 0 radical (unpaired) electrons. The van der Waals surface area contributed by atoms with E-state index < -0.39 is 0 Å². The van der Waals surface area contributed by atoms with Crippen LogP contribution in [0, 0.1) is 5.92 Å². The smallest absolute Gasteiger partial charge is 0.198 e. The first-order valence-corrected chi connectivity index (χ1v) is 10.1. The summed E-state index contributed by atoms with van der Waals surface area (Å²) in [6, 6.07) is 12.4. The van der Waals surface area contributed by atoms with Crippen LogP contribution in [0.3, 0.4) is 0 Å². The molecule has 1 aliphatic heterocycles. The Morgan fingerprint density at radius 3 is 2.54 bits per heavy atom. The van der Waals surface area contributed by atoms with Crippen molar-refractivity contribution in [2.75, 3.05) is 45.1 Å². The van der Waals surface area contributed by atoms with E-state index >= 15 is 0 Å². The summed E-state index contributed by atoms with van der Waals surface area (Å²) in [5.41, 5.74) is 0.923. The lowest BCUT2D eigenvalue weighted by atomic mass is 10.0. The number of piperazine rings is 1. The molecule has 3 aromatic rings. The lowest BCUT2D eigenvalue weighted by Gasteiger charge is -2.40. The largest absolute Gasteiger partial charge is 0.461 e. The second-order valence-electron chi connectivity index (χ2n) is 7.92. The van der Waals surface area contributed by atoms with Crippen molar-refractivity contribution in [1.29, 1.82) is 0 Å². The van der Waals surface area contributed by atoms with Crippen LogP contribution < -0.4 is 5.32 Å². The third-order valence-corrected chi connectivity index (χ3v) is 5.60. The minimum absolute atomic E-state index is 0.467. The van der Waals surface area contributed by atoms with Crippen LogP contribution in [0.5, 0.6) is 0 Å². The molecule has 2 aromatic heterocycles. The van der Waals surface area contributed by atoms with Crippen molar-refractivity contribution in [2.24, 2.45) is 5.92 Å². The number of aromatic nitrogens is 2. The van der Waals surface area contributed by atoms with Gasteiger partial charge in [0.1, 0.15) is 5.82 Å². The van der Waals surface area contributed by atoms with Gasteiger partial charge in [0, 0.05) is 44.2 Å². The summed E-state index contributed by atoms with van der Waals surface area (Å²) in [7, 11) is 2.20. The number of para-hydroxylation sites is 1. The van der Waals surface area contributed by atoms with Gasteiger partial charge in [-0.15, -0.1) is 0 Å². The minimum atomic E-state index is 0.467. The molecule has 3 heterocycles. The molecule has 4 rings (SSSR count). The maximum atomic E-state index is 5.53. The number of benzene rings is 1. The average molecular weight is 380 g/mol. The molecule has 6 nitrogen and oxygen atoms in total. The van der Waals surface area contributed by atoms with E-state index in [0.717, 1.165) is 49.4 Å². The molecule has 1 aliphatic rings. The topological polar surface area (TPSA) is 57.4 Å². The van der Waals surface area contributed by atoms with Crippen molar-refractivity contribution in [3.8, 4) is 11.6 Å². The predicted octanol–water partition coefficient (Wildman–Crippen LogP) is 3.57. The van der Waals surface area contributed by atoms with Crippen LogP contribution in [0.25, 0.3) is 22.5 Å². The van der Waals surface area contributed by atoms with Gasteiger partial charge in [-0.2, -0.15) is 0 Å². The van der Waals surface area contributed by atoms with Crippen LogP contribution in [-0.2, 0) is 0 Å². The number of nitrogens with zero attached hydrogens (tertiary/aromatic N) is 4. The fraction of sp³-hybridized carbons (Fsp3) is 0.455. The maximum Gasteiger partial charge on any atom is 0.198 e. The number of furan rings is 1. The van der Waals surface area contributed by atoms with Crippen molar-refractivity contribution in [1.82, 2.24) is 19.8 Å². The van der Waals surface area contributed by atoms with Crippen LogP contribution in [0.4, 0.5) is 5.82 Å². The van der Waals surface area contributed by atoms with Crippen molar-refractivity contribution in [2.45, 2.75) is 19.9 Å². The van der Waals surface area contributed by atoms with Gasteiger partial charge in [-0.05, 0) is 37.2 Å². The van der Waals surface area contributed by atoms with Gasteiger partial charge < -0.3 is 14.6 Å². The first-order chi connectivity index (χ1) is 13.6. The van der Waals surface area contributed by atoms with E-state index in [9.17, 15) is 0 Å². The van der Waals surface area contributed by atoms with Crippen molar-refractivity contribution in [3.63, 3.8) is 0 Å². The molecule has 1 saturated heterocycles. The number of fused-ring (bicyclic) bond motifs is 1. The first kappa shape index (κ1) is 18.9. The molecule has 0 amide bonds. The summed E-state index contributed by atoms with van der Waals surface area (Å²) in [6.07, 6.45) is 1.66. The highest BCUT2D eigenvalue weighted by atomic mass is 16.3. The number of hydrogen-bond donors (Lipinski definition) is 1. The SMILES string of the molecule is CC(C)C(CNc1nc(-c2ccco2)nc2ccccc12)N1CCN(C)CC1. The van der Waals surface area contributed by atoms with E-state index in [2.05, 4.69) is 47.1 Å². The molecule has 1 fully saturated rings. The van der Waals surface area contributed by atoms with Crippen LogP contribution in [-0.4, -0.2) is 65.6 Å². The van der Waals surface area contributed by atoms with Crippen LogP contribution in [0.2, 0.25) is 0 Å².